The molecule has 4 aliphatic rings. The summed E-state index contributed by atoms with van der Waals surface area (Å²) >= 11 is 0. The summed E-state index contributed by atoms with van der Waals surface area (Å²) < 4.78 is 6.06. The summed E-state index contributed by atoms with van der Waals surface area (Å²) in [5, 5.41) is 3.50. The summed E-state index contributed by atoms with van der Waals surface area (Å²) in [6.07, 6.45) is 6.34. The predicted molar refractivity (Wildman–Crippen MR) is 95.2 cm³/mol. The molecule has 120 valence electrons. The lowest BCUT2D eigenvalue weighted by atomic mass is 9.82. The maximum absolute atomic E-state index is 6.06. The second-order valence-electron chi connectivity index (χ2n) is 7.50. The van der Waals surface area contributed by atoms with Crippen LogP contribution in [0.15, 0.2) is 4.99 Å². The third-order valence-corrected chi connectivity index (χ3v) is 5.80. The van der Waals surface area contributed by atoms with Crippen molar-refractivity contribution in [1.82, 2.24) is 10.2 Å². The van der Waals surface area contributed by atoms with Crippen LogP contribution in [-0.4, -0.2) is 49.2 Å². The van der Waals surface area contributed by atoms with Gasteiger partial charge in [0.15, 0.2) is 5.96 Å². The quantitative estimate of drug-likeness (QED) is 0.446. The van der Waals surface area contributed by atoms with Crippen LogP contribution in [0.1, 0.15) is 39.5 Å². The molecule has 0 radical (unpaired) electrons. The maximum atomic E-state index is 6.06. The van der Waals surface area contributed by atoms with Gasteiger partial charge in [-0.1, -0.05) is 6.92 Å². The van der Waals surface area contributed by atoms with Crippen LogP contribution in [0.5, 0.6) is 0 Å². The second kappa shape index (κ2) is 5.87. The summed E-state index contributed by atoms with van der Waals surface area (Å²) in [7, 11) is 0. The zero-order valence-electron chi connectivity index (χ0n) is 13.2. The van der Waals surface area contributed by atoms with E-state index in [4.69, 9.17) is 9.73 Å². The predicted octanol–water partition coefficient (Wildman–Crippen LogP) is 2.48. The van der Waals surface area contributed by atoms with Crippen molar-refractivity contribution in [2.75, 3.05) is 26.2 Å². The molecule has 4 unspecified atom stereocenters. The Hall–Kier alpha value is -0.0400. The number of hydrogen-bond donors (Lipinski definition) is 1. The average Bonchev–Trinajstić information content (AvgIpc) is 2.89. The topological polar surface area (TPSA) is 36.9 Å². The Balaban J connectivity index is 0.00000132. The third kappa shape index (κ3) is 2.92. The number of guanidine groups is 1. The van der Waals surface area contributed by atoms with Gasteiger partial charge in [-0.25, -0.2) is 0 Å². The second-order valence-corrected chi connectivity index (χ2v) is 7.50. The molecular weight excluding hydrogens is 377 g/mol. The number of fused-ring (bicyclic) bond motifs is 5. The van der Waals surface area contributed by atoms with Gasteiger partial charge in [0, 0.05) is 38.0 Å². The molecule has 1 saturated carbocycles. The third-order valence-electron chi connectivity index (χ3n) is 5.80. The van der Waals surface area contributed by atoms with Crippen molar-refractivity contribution in [2.45, 2.75) is 51.7 Å². The van der Waals surface area contributed by atoms with Crippen LogP contribution in [0.3, 0.4) is 0 Å². The molecule has 4 nitrogen and oxygen atoms in total. The van der Waals surface area contributed by atoms with Crippen LogP contribution in [0, 0.1) is 17.3 Å². The number of halogens is 1. The van der Waals surface area contributed by atoms with Gasteiger partial charge < -0.3 is 15.0 Å². The molecule has 0 aromatic rings. The molecule has 0 aromatic carbocycles. The van der Waals surface area contributed by atoms with E-state index in [0.717, 1.165) is 44.0 Å². The Kier molecular flexibility index (Phi) is 4.43. The van der Waals surface area contributed by atoms with E-state index in [1.165, 1.54) is 25.7 Å². The van der Waals surface area contributed by atoms with Crippen molar-refractivity contribution in [3.63, 3.8) is 0 Å². The molecule has 1 aliphatic carbocycles. The van der Waals surface area contributed by atoms with Crippen LogP contribution >= 0.6 is 24.0 Å². The highest BCUT2D eigenvalue weighted by Crippen LogP contribution is 2.47. The van der Waals surface area contributed by atoms with Gasteiger partial charge in [0.25, 0.3) is 0 Å². The molecule has 3 saturated heterocycles. The molecule has 0 spiro atoms. The first-order chi connectivity index (χ1) is 9.68. The van der Waals surface area contributed by atoms with Gasteiger partial charge in [-0.3, -0.25) is 4.99 Å². The number of ether oxygens (including phenoxy) is 1. The Morgan fingerprint density at radius 1 is 1.24 bits per heavy atom. The molecule has 3 aliphatic heterocycles. The number of hydrogen-bond acceptors (Lipinski definition) is 2. The van der Waals surface area contributed by atoms with E-state index in [0.29, 0.717) is 17.6 Å². The summed E-state index contributed by atoms with van der Waals surface area (Å²) in [5.41, 5.74) is 0.498. The molecule has 4 rings (SSSR count). The summed E-state index contributed by atoms with van der Waals surface area (Å²) in [6, 6.07) is 0. The lowest BCUT2D eigenvalue weighted by Gasteiger charge is -2.23. The van der Waals surface area contributed by atoms with E-state index in [1.54, 1.807) is 0 Å². The monoisotopic (exact) mass is 405 g/mol. The van der Waals surface area contributed by atoms with Gasteiger partial charge in [0.2, 0.25) is 0 Å². The fourth-order valence-electron chi connectivity index (χ4n) is 4.20. The van der Waals surface area contributed by atoms with Crippen molar-refractivity contribution < 1.29 is 4.74 Å². The molecule has 5 heteroatoms. The summed E-state index contributed by atoms with van der Waals surface area (Å²) in [5.74, 6) is 2.66. The lowest BCUT2D eigenvalue weighted by molar-refractivity contribution is 0.0767. The minimum absolute atomic E-state index is 0. The van der Waals surface area contributed by atoms with Crippen LogP contribution in [0.4, 0.5) is 0 Å². The highest BCUT2D eigenvalue weighted by Gasteiger charge is 2.53. The molecule has 0 aromatic heterocycles. The highest BCUT2D eigenvalue weighted by molar-refractivity contribution is 14.0. The fourth-order valence-corrected chi connectivity index (χ4v) is 4.20. The van der Waals surface area contributed by atoms with Gasteiger partial charge >= 0.3 is 0 Å². The maximum Gasteiger partial charge on any atom is 0.193 e. The van der Waals surface area contributed by atoms with Gasteiger partial charge in [-0.05, 0) is 38.0 Å². The molecular formula is C16H28IN3O. The van der Waals surface area contributed by atoms with Gasteiger partial charge in [0.1, 0.15) is 0 Å². The van der Waals surface area contributed by atoms with Crippen molar-refractivity contribution in [2.24, 2.45) is 22.2 Å². The smallest absolute Gasteiger partial charge is 0.193 e. The molecule has 3 heterocycles. The first-order valence-electron chi connectivity index (χ1n) is 8.37. The van der Waals surface area contributed by atoms with Crippen molar-refractivity contribution in [1.29, 1.82) is 0 Å². The molecule has 4 atom stereocenters. The number of nitrogens with one attached hydrogen (secondary N) is 1. The summed E-state index contributed by atoms with van der Waals surface area (Å²) in [4.78, 5) is 7.42. The largest absolute Gasteiger partial charge is 0.374 e. The number of rotatable bonds is 3. The Bertz CT molecular complexity index is 406. The molecule has 2 bridgehead atoms. The fraction of sp³-hybridized carbons (Fsp3) is 0.938. The molecule has 1 N–H and O–H groups in total. The van der Waals surface area contributed by atoms with E-state index in [1.807, 2.05) is 0 Å². The van der Waals surface area contributed by atoms with Gasteiger partial charge in [0.05, 0.1) is 12.2 Å². The van der Waals surface area contributed by atoms with Crippen molar-refractivity contribution in [3.8, 4) is 0 Å². The number of likely N-dealkylation sites (tertiary alicyclic amines) is 1. The number of aliphatic imine (C=N–C) groups is 1. The zero-order valence-corrected chi connectivity index (χ0v) is 15.5. The molecule has 0 amide bonds. The van der Waals surface area contributed by atoms with E-state index < -0.39 is 0 Å². The van der Waals surface area contributed by atoms with Crippen LogP contribution in [-0.2, 0) is 4.74 Å². The number of nitrogens with zero attached hydrogens (tertiary/aromatic N) is 2. The van der Waals surface area contributed by atoms with E-state index in [2.05, 4.69) is 24.1 Å². The van der Waals surface area contributed by atoms with Crippen molar-refractivity contribution in [3.05, 3.63) is 0 Å². The standard InChI is InChI=1S/C16H27N3O.HI/c1-3-17-15(18-10-16(2)6-7-16)19-8-11-12(9-19)14-5-4-13(11)20-14;/h11-14H,3-10H2,1-2H3,(H,17,18);1H. The van der Waals surface area contributed by atoms with Crippen molar-refractivity contribution >= 4 is 29.9 Å². The van der Waals surface area contributed by atoms with E-state index in [9.17, 15) is 0 Å². The highest BCUT2D eigenvalue weighted by atomic mass is 127. The van der Waals surface area contributed by atoms with Gasteiger partial charge in [-0.2, -0.15) is 0 Å². The van der Waals surface area contributed by atoms with E-state index in [-0.39, 0.29) is 24.0 Å². The first-order valence-corrected chi connectivity index (χ1v) is 8.37. The minimum atomic E-state index is 0. The molecule has 4 fully saturated rings. The Morgan fingerprint density at radius 3 is 2.38 bits per heavy atom. The van der Waals surface area contributed by atoms with E-state index >= 15 is 0 Å². The Morgan fingerprint density at radius 2 is 1.86 bits per heavy atom. The molecule has 21 heavy (non-hydrogen) atoms. The van der Waals surface area contributed by atoms with Gasteiger partial charge in [-0.15, -0.1) is 24.0 Å². The normalized spacial score (nSPS) is 39.1. The first kappa shape index (κ1) is 15.8. The van der Waals surface area contributed by atoms with Crippen LogP contribution in [0.2, 0.25) is 0 Å². The average molecular weight is 405 g/mol. The zero-order chi connectivity index (χ0) is 13.7. The SMILES string of the molecule is CCNC(=NCC1(C)CC1)N1CC2C3CCC(O3)C2C1.I. The minimum Gasteiger partial charge on any atom is -0.374 e. The Labute approximate surface area is 145 Å². The van der Waals surface area contributed by atoms with Crippen LogP contribution in [0.25, 0.3) is 0 Å². The summed E-state index contributed by atoms with van der Waals surface area (Å²) in [6.45, 7) is 8.77. The lowest BCUT2D eigenvalue weighted by Crippen LogP contribution is -2.41. The van der Waals surface area contributed by atoms with Crippen LogP contribution < -0.4 is 5.32 Å².